The first-order valence-corrected chi connectivity index (χ1v) is 7.37. The minimum atomic E-state index is -0.416. The van der Waals surface area contributed by atoms with E-state index in [4.69, 9.17) is 11.6 Å². The second-order valence-electron chi connectivity index (χ2n) is 4.76. The number of benzene rings is 2. The van der Waals surface area contributed by atoms with E-state index in [1.165, 1.54) is 0 Å². The predicted octanol–water partition coefficient (Wildman–Crippen LogP) is 2.61. The van der Waals surface area contributed by atoms with Gasteiger partial charge in [0.1, 0.15) is 0 Å². The Balaban J connectivity index is 1.87. The molecule has 23 heavy (non-hydrogen) atoms. The number of carbonyl (C=O) groups is 2. The van der Waals surface area contributed by atoms with Crippen LogP contribution < -0.4 is 10.7 Å². The summed E-state index contributed by atoms with van der Waals surface area (Å²) in [6.45, 7) is 1.58. The van der Waals surface area contributed by atoms with Gasteiger partial charge in [-0.25, -0.2) is 5.43 Å². The van der Waals surface area contributed by atoms with Gasteiger partial charge in [-0.05, 0) is 25.1 Å². The summed E-state index contributed by atoms with van der Waals surface area (Å²) >= 11 is 6.05. The van der Waals surface area contributed by atoms with Gasteiger partial charge in [0.05, 0.1) is 12.3 Å². The molecular weight excluding hydrogens is 314 g/mol. The molecule has 0 bridgehead atoms. The average molecular weight is 330 g/mol. The van der Waals surface area contributed by atoms with Crippen LogP contribution in [0.5, 0.6) is 0 Å². The lowest BCUT2D eigenvalue weighted by Crippen LogP contribution is -2.35. The van der Waals surface area contributed by atoms with Gasteiger partial charge in [0.15, 0.2) is 0 Å². The molecule has 0 aliphatic carbocycles. The molecule has 0 radical (unpaired) electrons. The van der Waals surface area contributed by atoms with Gasteiger partial charge in [0.2, 0.25) is 0 Å². The van der Waals surface area contributed by atoms with Crippen molar-refractivity contribution < 1.29 is 9.59 Å². The number of halogens is 1. The first-order chi connectivity index (χ1) is 11.1. The van der Waals surface area contributed by atoms with Gasteiger partial charge in [-0.2, -0.15) is 5.10 Å². The van der Waals surface area contributed by atoms with Crippen molar-refractivity contribution >= 4 is 29.1 Å². The third-order valence-corrected chi connectivity index (χ3v) is 3.39. The number of hydrogen-bond acceptors (Lipinski definition) is 3. The van der Waals surface area contributed by atoms with Crippen LogP contribution in [0.15, 0.2) is 59.7 Å². The van der Waals surface area contributed by atoms with Gasteiger partial charge in [0, 0.05) is 16.1 Å². The quantitative estimate of drug-likeness (QED) is 0.654. The number of nitrogens with zero attached hydrogens (tertiary/aromatic N) is 1. The highest BCUT2D eigenvalue weighted by molar-refractivity contribution is 6.34. The molecule has 0 heterocycles. The highest BCUT2D eigenvalue weighted by Gasteiger charge is 2.07. The molecule has 118 valence electrons. The fraction of sp³-hybridized carbons (Fsp3) is 0.118. The minimum absolute atomic E-state index is 0.160. The van der Waals surface area contributed by atoms with Gasteiger partial charge in [0.25, 0.3) is 11.8 Å². The summed E-state index contributed by atoms with van der Waals surface area (Å²) in [7, 11) is 0. The SMILES string of the molecule is C/C(=N\NC(=O)CNC(=O)c1ccccc1)c1ccccc1Cl. The molecule has 0 fully saturated rings. The molecule has 2 amide bonds. The van der Waals surface area contributed by atoms with Crippen LogP contribution in [-0.4, -0.2) is 24.1 Å². The monoisotopic (exact) mass is 329 g/mol. The molecule has 0 saturated carbocycles. The normalized spacial score (nSPS) is 11.0. The summed E-state index contributed by atoms with van der Waals surface area (Å²) in [5.41, 5.74) is 4.21. The van der Waals surface area contributed by atoms with E-state index in [9.17, 15) is 9.59 Å². The van der Waals surface area contributed by atoms with Gasteiger partial charge >= 0.3 is 0 Å². The van der Waals surface area contributed by atoms with Crippen molar-refractivity contribution in [2.75, 3.05) is 6.54 Å². The summed E-state index contributed by atoms with van der Waals surface area (Å²) in [4.78, 5) is 23.5. The molecular formula is C17H16ClN3O2. The zero-order valence-corrected chi connectivity index (χ0v) is 13.3. The van der Waals surface area contributed by atoms with Crippen LogP contribution in [-0.2, 0) is 4.79 Å². The first kappa shape index (κ1) is 16.7. The number of carbonyl (C=O) groups excluding carboxylic acids is 2. The second kappa shape index (κ2) is 8.10. The van der Waals surface area contributed by atoms with Crippen LogP contribution in [0.4, 0.5) is 0 Å². The maximum atomic E-state index is 11.8. The molecule has 2 aromatic rings. The van der Waals surface area contributed by atoms with Gasteiger partial charge in [-0.15, -0.1) is 0 Å². The van der Waals surface area contributed by atoms with E-state index in [2.05, 4.69) is 15.8 Å². The Kier molecular flexibility index (Phi) is 5.88. The summed E-state index contributed by atoms with van der Waals surface area (Å²) < 4.78 is 0. The Labute approximate surface area is 139 Å². The van der Waals surface area contributed by atoms with Crippen molar-refractivity contribution in [1.29, 1.82) is 0 Å². The summed E-state index contributed by atoms with van der Waals surface area (Å²) in [5.74, 6) is -0.728. The fourth-order valence-electron chi connectivity index (χ4n) is 1.85. The Morgan fingerprint density at radius 2 is 1.70 bits per heavy atom. The molecule has 2 aromatic carbocycles. The van der Waals surface area contributed by atoms with Crippen LogP contribution in [0.2, 0.25) is 5.02 Å². The van der Waals surface area contributed by atoms with Crippen molar-refractivity contribution in [3.05, 3.63) is 70.7 Å². The molecule has 0 atom stereocenters. The van der Waals surface area contributed by atoms with E-state index >= 15 is 0 Å². The zero-order chi connectivity index (χ0) is 16.7. The van der Waals surface area contributed by atoms with Crippen molar-refractivity contribution in [1.82, 2.24) is 10.7 Å². The lowest BCUT2D eigenvalue weighted by atomic mass is 10.1. The summed E-state index contributed by atoms with van der Waals surface area (Å²) in [5, 5.41) is 7.07. The van der Waals surface area contributed by atoms with Crippen LogP contribution in [0.25, 0.3) is 0 Å². The molecule has 0 unspecified atom stereocenters. The second-order valence-corrected chi connectivity index (χ2v) is 5.17. The predicted molar refractivity (Wildman–Crippen MR) is 90.6 cm³/mol. The van der Waals surface area contributed by atoms with E-state index in [0.29, 0.717) is 16.3 Å². The Morgan fingerprint density at radius 3 is 2.39 bits per heavy atom. The lowest BCUT2D eigenvalue weighted by molar-refractivity contribution is -0.120. The van der Waals surface area contributed by atoms with Crippen molar-refractivity contribution in [2.45, 2.75) is 6.92 Å². The summed E-state index contributed by atoms with van der Waals surface area (Å²) in [6.07, 6.45) is 0. The Hall–Kier alpha value is -2.66. The number of hydrogen-bond donors (Lipinski definition) is 2. The third kappa shape index (κ3) is 4.93. The molecule has 0 saturated heterocycles. The van der Waals surface area contributed by atoms with Crippen molar-refractivity contribution in [3.63, 3.8) is 0 Å². The topological polar surface area (TPSA) is 70.6 Å². The smallest absolute Gasteiger partial charge is 0.259 e. The lowest BCUT2D eigenvalue weighted by Gasteiger charge is -2.06. The number of amides is 2. The van der Waals surface area contributed by atoms with Crippen LogP contribution in [0.1, 0.15) is 22.8 Å². The van der Waals surface area contributed by atoms with E-state index in [-0.39, 0.29) is 12.5 Å². The number of rotatable bonds is 5. The molecule has 0 spiro atoms. The molecule has 5 nitrogen and oxygen atoms in total. The largest absolute Gasteiger partial charge is 0.343 e. The Bertz CT molecular complexity index is 730. The highest BCUT2D eigenvalue weighted by Crippen LogP contribution is 2.15. The molecule has 0 aliphatic rings. The van der Waals surface area contributed by atoms with Gasteiger partial charge in [-0.1, -0.05) is 48.0 Å². The van der Waals surface area contributed by atoms with Gasteiger partial charge in [-0.3, -0.25) is 9.59 Å². The van der Waals surface area contributed by atoms with Crippen LogP contribution >= 0.6 is 11.6 Å². The van der Waals surface area contributed by atoms with E-state index in [0.717, 1.165) is 5.56 Å². The molecule has 2 N–H and O–H groups in total. The Morgan fingerprint density at radius 1 is 1.04 bits per heavy atom. The van der Waals surface area contributed by atoms with E-state index in [1.807, 2.05) is 24.3 Å². The average Bonchev–Trinajstić information content (AvgIpc) is 2.58. The standard InChI is InChI=1S/C17H16ClN3O2/c1-12(14-9-5-6-10-15(14)18)20-21-16(22)11-19-17(23)13-7-3-2-4-8-13/h2-10H,11H2,1H3,(H,19,23)(H,21,22)/b20-12+. The number of hydrazone groups is 1. The molecule has 6 heteroatoms. The van der Waals surface area contributed by atoms with Crippen molar-refractivity contribution in [2.24, 2.45) is 5.10 Å². The van der Waals surface area contributed by atoms with Gasteiger partial charge < -0.3 is 5.32 Å². The third-order valence-electron chi connectivity index (χ3n) is 3.06. The van der Waals surface area contributed by atoms with E-state index in [1.54, 1.807) is 37.3 Å². The highest BCUT2D eigenvalue weighted by atomic mass is 35.5. The zero-order valence-electron chi connectivity index (χ0n) is 12.5. The fourth-order valence-corrected chi connectivity index (χ4v) is 2.13. The molecule has 0 aliphatic heterocycles. The maximum Gasteiger partial charge on any atom is 0.259 e. The minimum Gasteiger partial charge on any atom is -0.343 e. The maximum absolute atomic E-state index is 11.8. The molecule has 2 rings (SSSR count). The van der Waals surface area contributed by atoms with E-state index < -0.39 is 5.91 Å². The first-order valence-electron chi connectivity index (χ1n) is 6.99. The summed E-state index contributed by atoms with van der Waals surface area (Å²) in [6, 6.07) is 15.9. The molecule has 0 aromatic heterocycles. The van der Waals surface area contributed by atoms with Crippen molar-refractivity contribution in [3.8, 4) is 0 Å². The van der Waals surface area contributed by atoms with Crippen LogP contribution in [0, 0.1) is 0 Å². The van der Waals surface area contributed by atoms with Crippen LogP contribution in [0.3, 0.4) is 0 Å². The number of nitrogens with one attached hydrogen (secondary N) is 2.